The molecule has 0 aromatic heterocycles. The van der Waals surface area contributed by atoms with Crippen LogP contribution in [-0.4, -0.2) is 13.1 Å². The quantitative estimate of drug-likeness (QED) is 0.734. The minimum atomic E-state index is 0.262. The molecule has 1 heteroatoms. The molecule has 1 nitrogen and oxygen atoms in total. The van der Waals surface area contributed by atoms with Crippen molar-refractivity contribution in [2.75, 3.05) is 13.1 Å². The van der Waals surface area contributed by atoms with Crippen molar-refractivity contribution in [3.63, 3.8) is 0 Å². The minimum absolute atomic E-state index is 0.262. The topological polar surface area (TPSA) is 12.0 Å². The molecule has 0 radical (unpaired) electrons. The van der Waals surface area contributed by atoms with Crippen LogP contribution in [0.2, 0.25) is 0 Å². The summed E-state index contributed by atoms with van der Waals surface area (Å²) in [6.45, 7) is 11.2. The van der Waals surface area contributed by atoms with Crippen molar-refractivity contribution in [1.29, 1.82) is 0 Å². The van der Waals surface area contributed by atoms with Crippen molar-refractivity contribution < 1.29 is 0 Å². The number of rotatable bonds is 6. The molecule has 0 spiro atoms. The normalized spacial score (nSPS) is 11.8. The lowest BCUT2D eigenvalue weighted by Crippen LogP contribution is -2.18. The van der Waals surface area contributed by atoms with Crippen molar-refractivity contribution in [2.24, 2.45) is 0 Å². The Morgan fingerprint density at radius 3 is 2.18 bits per heavy atom. The molecule has 0 heterocycles. The summed E-state index contributed by atoms with van der Waals surface area (Å²) in [5.41, 5.74) is 3.11. The fraction of sp³-hybridized carbons (Fsp3) is 0.625. The largest absolute Gasteiger partial charge is 0.316 e. The molecule has 1 aromatic carbocycles. The molecule has 0 saturated carbocycles. The maximum absolute atomic E-state index is 3.48. The molecule has 1 N–H and O–H groups in total. The third kappa shape index (κ3) is 5.36. The highest BCUT2D eigenvalue weighted by atomic mass is 14.8. The molecule has 0 unspecified atom stereocenters. The molecule has 0 aliphatic heterocycles. The van der Waals surface area contributed by atoms with E-state index in [1.54, 1.807) is 0 Å². The maximum Gasteiger partial charge on any atom is -0.000835 e. The van der Waals surface area contributed by atoms with Crippen LogP contribution < -0.4 is 5.32 Å². The van der Waals surface area contributed by atoms with E-state index in [0.717, 1.165) is 19.5 Å². The van der Waals surface area contributed by atoms with Gasteiger partial charge in [-0.1, -0.05) is 58.4 Å². The van der Waals surface area contributed by atoms with E-state index in [-0.39, 0.29) is 5.41 Å². The zero-order valence-electron chi connectivity index (χ0n) is 11.8. The summed E-state index contributed by atoms with van der Waals surface area (Å²) >= 11 is 0. The van der Waals surface area contributed by atoms with E-state index in [0.29, 0.717) is 0 Å². The van der Waals surface area contributed by atoms with E-state index in [2.05, 4.69) is 57.3 Å². The lowest BCUT2D eigenvalue weighted by Gasteiger charge is -2.19. The van der Waals surface area contributed by atoms with Crippen LogP contribution in [0.25, 0.3) is 0 Å². The van der Waals surface area contributed by atoms with Gasteiger partial charge < -0.3 is 5.32 Å². The molecule has 1 rings (SSSR count). The van der Waals surface area contributed by atoms with Crippen LogP contribution in [0.15, 0.2) is 24.3 Å². The first-order valence-corrected chi connectivity index (χ1v) is 6.84. The lowest BCUT2D eigenvalue weighted by atomic mass is 9.86. The first kappa shape index (κ1) is 14.2. The molecule has 1 aromatic rings. The van der Waals surface area contributed by atoms with Gasteiger partial charge in [-0.3, -0.25) is 0 Å². The molecule has 96 valence electrons. The van der Waals surface area contributed by atoms with Gasteiger partial charge in [0, 0.05) is 0 Å². The van der Waals surface area contributed by atoms with Crippen LogP contribution in [0, 0.1) is 0 Å². The van der Waals surface area contributed by atoms with Crippen molar-refractivity contribution in [3.8, 4) is 0 Å². The average Bonchev–Trinajstić information content (AvgIpc) is 2.28. The van der Waals surface area contributed by atoms with Crippen LogP contribution in [0.1, 0.15) is 51.7 Å². The number of benzene rings is 1. The van der Waals surface area contributed by atoms with Gasteiger partial charge in [-0.15, -0.1) is 0 Å². The maximum atomic E-state index is 3.48. The third-order valence-corrected chi connectivity index (χ3v) is 3.12. The van der Waals surface area contributed by atoms with Gasteiger partial charge in [0.25, 0.3) is 0 Å². The highest BCUT2D eigenvalue weighted by molar-refractivity contribution is 5.27. The summed E-state index contributed by atoms with van der Waals surface area (Å²) in [6, 6.07) is 9.06. The fourth-order valence-electron chi connectivity index (χ4n) is 1.83. The summed E-state index contributed by atoms with van der Waals surface area (Å²) in [4.78, 5) is 0. The molecule has 0 saturated heterocycles. The molecule has 0 aliphatic rings. The summed E-state index contributed by atoms with van der Waals surface area (Å²) in [5.74, 6) is 0. The van der Waals surface area contributed by atoms with Crippen molar-refractivity contribution in [3.05, 3.63) is 35.4 Å². The summed E-state index contributed by atoms with van der Waals surface area (Å²) < 4.78 is 0. The minimum Gasteiger partial charge on any atom is -0.316 e. The zero-order chi connectivity index (χ0) is 12.7. The molecular weight excluding hydrogens is 206 g/mol. The summed E-state index contributed by atoms with van der Waals surface area (Å²) in [5, 5.41) is 3.48. The molecule has 0 fully saturated rings. The molecule has 0 bridgehead atoms. The number of hydrogen-bond donors (Lipinski definition) is 1. The Hall–Kier alpha value is -0.820. The van der Waals surface area contributed by atoms with Gasteiger partial charge in [0.2, 0.25) is 0 Å². The number of nitrogens with one attached hydrogen (secondary N) is 1. The van der Waals surface area contributed by atoms with E-state index in [1.807, 2.05) is 0 Å². The van der Waals surface area contributed by atoms with Gasteiger partial charge >= 0.3 is 0 Å². The van der Waals surface area contributed by atoms with E-state index in [1.165, 1.54) is 24.0 Å². The van der Waals surface area contributed by atoms with Crippen LogP contribution >= 0.6 is 0 Å². The number of hydrogen-bond acceptors (Lipinski definition) is 1. The van der Waals surface area contributed by atoms with Crippen LogP contribution in [-0.2, 0) is 11.8 Å². The van der Waals surface area contributed by atoms with Crippen LogP contribution in [0.5, 0.6) is 0 Å². The predicted octanol–water partition coefficient (Wildman–Crippen LogP) is 3.92. The Kier molecular flexibility index (Phi) is 5.70. The standard InChI is InChI=1S/C16H27N/c1-5-6-12-17-13-11-14-7-9-15(10-8-14)16(2,3)4/h7-10,17H,5-6,11-13H2,1-4H3. The molecule has 0 atom stereocenters. The highest BCUT2D eigenvalue weighted by Gasteiger charge is 2.12. The van der Waals surface area contributed by atoms with Gasteiger partial charge in [-0.05, 0) is 42.5 Å². The summed E-state index contributed by atoms with van der Waals surface area (Å²) in [6.07, 6.45) is 3.68. The van der Waals surface area contributed by atoms with E-state index < -0.39 is 0 Å². The smallest absolute Gasteiger partial charge is 0.000835 e. The second kappa shape index (κ2) is 6.80. The molecular formula is C16H27N. The average molecular weight is 233 g/mol. The first-order valence-electron chi connectivity index (χ1n) is 6.84. The fourth-order valence-corrected chi connectivity index (χ4v) is 1.83. The monoisotopic (exact) mass is 233 g/mol. The Balaban J connectivity index is 2.36. The third-order valence-electron chi connectivity index (χ3n) is 3.12. The first-order chi connectivity index (χ1) is 8.04. The second-order valence-electron chi connectivity index (χ2n) is 5.80. The molecule has 17 heavy (non-hydrogen) atoms. The van der Waals surface area contributed by atoms with Crippen molar-refractivity contribution in [1.82, 2.24) is 5.32 Å². The van der Waals surface area contributed by atoms with Crippen LogP contribution in [0.3, 0.4) is 0 Å². The van der Waals surface area contributed by atoms with Gasteiger partial charge in [0.05, 0.1) is 0 Å². The Bertz CT molecular complexity index is 305. The second-order valence-corrected chi connectivity index (χ2v) is 5.80. The van der Waals surface area contributed by atoms with Gasteiger partial charge in [-0.2, -0.15) is 0 Å². The van der Waals surface area contributed by atoms with Gasteiger partial charge in [0.15, 0.2) is 0 Å². The van der Waals surface area contributed by atoms with E-state index >= 15 is 0 Å². The predicted molar refractivity (Wildman–Crippen MR) is 76.6 cm³/mol. The Morgan fingerprint density at radius 1 is 1.00 bits per heavy atom. The summed E-state index contributed by atoms with van der Waals surface area (Å²) in [7, 11) is 0. The zero-order valence-corrected chi connectivity index (χ0v) is 11.8. The molecule has 0 aliphatic carbocycles. The van der Waals surface area contributed by atoms with Crippen molar-refractivity contribution >= 4 is 0 Å². The van der Waals surface area contributed by atoms with Gasteiger partial charge in [0.1, 0.15) is 0 Å². The van der Waals surface area contributed by atoms with Gasteiger partial charge in [-0.25, -0.2) is 0 Å². The van der Waals surface area contributed by atoms with E-state index in [4.69, 9.17) is 0 Å². The molecule has 0 amide bonds. The van der Waals surface area contributed by atoms with E-state index in [9.17, 15) is 0 Å². The lowest BCUT2D eigenvalue weighted by molar-refractivity contribution is 0.589. The number of unbranched alkanes of at least 4 members (excludes halogenated alkanes) is 1. The Morgan fingerprint density at radius 2 is 1.65 bits per heavy atom. The highest BCUT2D eigenvalue weighted by Crippen LogP contribution is 2.22. The Labute approximate surface area is 107 Å². The van der Waals surface area contributed by atoms with Crippen molar-refractivity contribution in [2.45, 2.75) is 52.4 Å². The SMILES string of the molecule is CCCCNCCc1ccc(C(C)(C)C)cc1. The van der Waals surface area contributed by atoms with Crippen LogP contribution in [0.4, 0.5) is 0 Å².